The molecule has 80 valence electrons. The van der Waals surface area contributed by atoms with Gasteiger partial charge in [-0.15, -0.1) is 0 Å². The molecule has 0 fully saturated rings. The lowest BCUT2D eigenvalue weighted by Gasteiger charge is -1.94. The summed E-state index contributed by atoms with van der Waals surface area (Å²) < 4.78 is 8.95. The smallest absolute Gasteiger partial charge is 0.307 e. The minimum Gasteiger partial charge on any atom is -0.469 e. The quantitative estimate of drug-likeness (QED) is 0.593. The van der Waals surface area contributed by atoms with Gasteiger partial charge in [-0.05, 0) is 6.92 Å². The zero-order valence-corrected chi connectivity index (χ0v) is 8.32. The summed E-state index contributed by atoms with van der Waals surface area (Å²) in [7, 11) is 2.90. The van der Waals surface area contributed by atoms with Crippen molar-refractivity contribution in [3.8, 4) is 0 Å². The van der Waals surface area contributed by atoms with Gasteiger partial charge in [0.25, 0.3) is 0 Å². The highest BCUT2D eigenvalue weighted by Crippen LogP contribution is 1.82. The number of esters is 1. The van der Waals surface area contributed by atoms with E-state index >= 15 is 0 Å². The van der Waals surface area contributed by atoms with Crippen LogP contribution in [-0.2, 0) is 14.3 Å². The molecular formula is C8H18O5. The maximum Gasteiger partial charge on any atom is 0.307 e. The van der Waals surface area contributed by atoms with Crippen LogP contribution < -0.4 is 0 Å². The van der Waals surface area contributed by atoms with Gasteiger partial charge in [-0.1, -0.05) is 0 Å². The van der Waals surface area contributed by atoms with E-state index in [-0.39, 0.29) is 12.6 Å². The van der Waals surface area contributed by atoms with Crippen LogP contribution in [0.2, 0.25) is 0 Å². The predicted molar refractivity (Wildman–Crippen MR) is 47.3 cm³/mol. The highest BCUT2D eigenvalue weighted by Gasteiger charge is 1.95. The Kier molecular flexibility index (Phi) is 13.0. The molecule has 1 unspecified atom stereocenters. The summed E-state index contributed by atoms with van der Waals surface area (Å²) in [6, 6.07) is 0. The number of carbonyl (C=O) groups is 1. The molecular weight excluding hydrogens is 176 g/mol. The van der Waals surface area contributed by atoms with Gasteiger partial charge in [0.2, 0.25) is 0 Å². The minimum absolute atomic E-state index is 0.139. The second kappa shape index (κ2) is 11.4. The molecule has 5 heteroatoms. The number of rotatable bonds is 4. The molecule has 0 aromatic heterocycles. The van der Waals surface area contributed by atoms with Crippen LogP contribution in [0.25, 0.3) is 0 Å². The molecule has 0 rings (SSSR count). The molecule has 0 aromatic carbocycles. The fraction of sp³-hybridized carbons (Fsp3) is 0.875. The van der Waals surface area contributed by atoms with Crippen molar-refractivity contribution >= 4 is 5.97 Å². The van der Waals surface area contributed by atoms with Crippen molar-refractivity contribution in [2.24, 2.45) is 0 Å². The van der Waals surface area contributed by atoms with Crippen molar-refractivity contribution in [2.75, 3.05) is 27.4 Å². The van der Waals surface area contributed by atoms with Crippen LogP contribution in [0.5, 0.6) is 0 Å². The molecule has 13 heavy (non-hydrogen) atoms. The third-order valence-corrected chi connectivity index (χ3v) is 1.00. The molecule has 0 saturated heterocycles. The van der Waals surface area contributed by atoms with Crippen molar-refractivity contribution in [1.29, 1.82) is 0 Å². The molecule has 0 aliphatic carbocycles. The second-order valence-corrected chi connectivity index (χ2v) is 2.35. The zero-order valence-electron chi connectivity index (χ0n) is 8.32. The Hall–Kier alpha value is -0.650. The van der Waals surface area contributed by atoms with Crippen LogP contribution in [0, 0.1) is 0 Å². The van der Waals surface area contributed by atoms with Gasteiger partial charge in [-0.3, -0.25) is 4.79 Å². The molecule has 0 aromatic rings. The first-order chi connectivity index (χ1) is 6.08. The Morgan fingerprint density at radius 1 is 1.46 bits per heavy atom. The highest BCUT2D eigenvalue weighted by atomic mass is 16.5. The van der Waals surface area contributed by atoms with E-state index in [9.17, 15) is 4.79 Å². The summed E-state index contributed by atoms with van der Waals surface area (Å²) in [5.74, 6) is -0.230. The van der Waals surface area contributed by atoms with Crippen molar-refractivity contribution < 1.29 is 24.5 Å². The van der Waals surface area contributed by atoms with Gasteiger partial charge in [-0.2, -0.15) is 0 Å². The minimum atomic E-state index is -0.560. The van der Waals surface area contributed by atoms with Crippen LogP contribution in [0.3, 0.4) is 0 Å². The van der Waals surface area contributed by atoms with E-state index in [1.165, 1.54) is 14.0 Å². The van der Waals surface area contributed by atoms with E-state index in [1.54, 1.807) is 7.11 Å². The van der Waals surface area contributed by atoms with Gasteiger partial charge in [0.05, 0.1) is 32.8 Å². The number of carbonyl (C=O) groups excluding carboxylic acids is 1. The number of hydrogen-bond donors (Lipinski definition) is 2. The molecule has 1 atom stereocenters. The van der Waals surface area contributed by atoms with Gasteiger partial charge in [0.1, 0.15) is 0 Å². The van der Waals surface area contributed by atoms with E-state index in [0.29, 0.717) is 13.0 Å². The van der Waals surface area contributed by atoms with Crippen molar-refractivity contribution in [3.05, 3.63) is 0 Å². The summed E-state index contributed by atoms with van der Waals surface area (Å²) in [5, 5.41) is 16.0. The fourth-order valence-corrected chi connectivity index (χ4v) is 0.287. The predicted octanol–water partition coefficient (Wildman–Crippen LogP) is -0.445. The number of methoxy groups -OCH3 is 2. The standard InChI is InChI=1S/C5H10O3.C3H8O2/c1-7-4-3-5(6)8-2;1-3(5)2-4/h3-4H2,1-2H3;3-5H,2H2,1H3. The summed E-state index contributed by atoms with van der Waals surface area (Å²) in [6.07, 6.45) is -0.220. The Balaban J connectivity index is 0. The van der Waals surface area contributed by atoms with Gasteiger partial charge < -0.3 is 19.7 Å². The SMILES string of the molecule is CC(O)CO.COCCC(=O)OC. The first-order valence-electron chi connectivity index (χ1n) is 3.93. The molecule has 0 spiro atoms. The largest absolute Gasteiger partial charge is 0.469 e. The Labute approximate surface area is 78.3 Å². The van der Waals surface area contributed by atoms with Crippen LogP contribution in [0.4, 0.5) is 0 Å². The van der Waals surface area contributed by atoms with E-state index in [4.69, 9.17) is 10.2 Å². The van der Waals surface area contributed by atoms with Crippen molar-refractivity contribution in [2.45, 2.75) is 19.4 Å². The van der Waals surface area contributed by atoms with Gasteiger partial charge in [0.15, 0.2) is 0 Å². The number of ether oxygens (including phenoxy) is 2. The fourth-order valence-electron chi connectivity index (χ4n) is 0.287. The van der Waals surface area contributed by atoms with Crippen LogP contribution in [0.1, 0.15) is 13.3 Å². The molecule has 0 amide bonds. The lowest BCUT2D eigenvalue weighted by atomic mass is 10.5. The van der Waals surface area contributed by atoms with Crippen LogP contribution >= 0.6 is 0 Å². The molecule has 0 aliphatic heterocycles. The van der Waals surface area contributed by atoms with Crippen LogP contribution in [0.15, 0.2) is 0 Å². The highest BCUT2D eigenvalue weighted by molar-refractivity contribution is 5.69. The third kappa shape index (κ3) is 18.4. The first kappa shape index (κ1) is 14.9. The monoisotopic (exact) mass is 194 g/mol. The summed E-state index contributed by atoms with van der Waals surface area (Å²) in [5.41, 5.74) is 0. The lowest BCUT2D eigenvalue weighted by molar-refractivity contribution is -0.141. The Bertz CT molecular complexity index is 113. The van der Waals surface area contributed by atoms with E-state index in [0.717, 1.165) is 0 Å². The average molecular weight is 194 g/mol. The summed E-state index contributed by atoms with van der Waals surface area (Å²) >= 11 is 0. The molecule has 0 bridgehead atoms. The zero-order chi connectivity index (χ0) is 10.7. The summed E-state index contributed by atoms with van der Waals surface area (Å²) in [6.45, 7) is 1.83. The lowest BCUT2D eigenvalue weighted by Crippen LogP contribution is -2.03. The first-order valence-corrected chi connectivity index (χ1v) is 3.93. The Morgan fingerprint density at radius 2 is 1.92 bits per heavy atom. The van der Waals surface area contributed by atoms with Crippen molar-refractivity contribution in [3.63, 3.8) is 0 Å². The summed E-state index contributed by atoms with van der Waals surface area (Å²) in [4.78, 5) is 10.3. The third-order valence-electron chi connectivity index (χ3n) is 1.00. The average Bonchev–Trinajstić information content (AvgIpc) is 2.15. The second-order valence-electron chi connectivity index (χ2n) is 2.35. The molecule has 5 nitrogen and oxygen atoms in total. The normalized spacial score (nSPS) is 11.2. The number of aliphatic hydroxyl groups excluding tert-OH is 2. The van der Waals surface area contributed by atoms with Gasteiger partial charge in [-0.25, -0.2) is 0 Å². The number of aliphatic hydroxyl groups is 2. The van der Waals surface area contributed by atoms with E-state index in [2.05, 4.69) is 9.47 Å². The van der Waals surface area contributed by atoms with Gasteiger partial charge >= 0.3 is 5.97 Å². The Morgan fingerprint density at radius 3 is 2.15 bits per heavy atom. The van der Waals surface area contributed by atoms with Gasteiger partial charge in [0, 0.05) is 7.11 Å². The van der Waals surface area contributed by atoms with Crippen molar-refractivity contribution in [1.82, 2.24) is 0 Å². The molecule has 0 saturated carbocycles. The molecule has 2 N–H and O–H groups in total. The molecule has 0 heterocycles. The van der Waals surface area contributed by atoms with E-state index < -0.39 is 6.10 Å². The maximum absolute atomic E-state index is 10.3. The molecule has 0 radical (unpaired) electrons. The topological polar surface area (TPSA) is 76.0 Å². The maximum atomic E-state index is 10.3. The molecule has 0 aliphatic rings. The number of hydrogen-bond acceptors (Lipinski definition) is 5. The van der Waals surface area contributed by atoms with E-state index in [1.807, 2.05) is 0 Å². The van der Waals surface area contributed by atoms with Crippen LogP contribution in [-0.4, -0.2) is 49.7 Å².